The van der Waals surface area contributed by atoms with Gasteiger partial charge >= 0.3 is 0 Å². The predicted molar refractivity (Wildman–Crippen MR) is 88.8 cm³/mol. The van der Waals surface area contributed by atoms with Crippen molar-refractivity contribution in [1.29, 1.82) is 0 Å². The lowest BCUT2D eigenvalue weighted by Crippen LogP contribution is -2.10. The van der Waals surface area contributed by atoms with Crippen LogP contribution in [0, 0.1) is 24.0 Å². The van der Waals surface area contributed by atoms with Crippen LogP contribution in [-0.4, -0.2) is 4.92 Å². The zero-order chi connectivity index (χ0) is 15.6. The van der Waals surface area contributed by atoms with Gasteiger partial charge in [-0.05, 0) is 53.9 Å². The fourth-order valence-corrected chi connectivity index (χ4v) is 3.20. The van der Waals surface area contributed by atoms with Gasteiger partial charge in [-0.15, -0.1) is 0 Å². The van der Waals surface area contributed by atoms with Crippen molar-refractivity contribution in [2.45, 2.75) is 26.8 Å². The van der Waals surface area contributed by atoms with Crippen LogP contribution >= 0.6 is 15.9 Å². The smallest absolute Gasteiger partial charge is 0.274 e. The second kappa shape index (κ2) is 6.26. The normalized spacial score (nSPS) is 12.0. The minimum absolute atomic E-state index is 0.137. The summed E-state index contributed by atoms with van der Waals surface area (Å²) in [6.07, 6.45) is 0. The summed E-state index contributed by atoms with van der Waals surface area (Å²) in [4.78, 5) is 10.8. The Morgan fingerprint density at radius 1 is 1.24 bits per heavy atom. The van der Waals surface area contributed by atoms with Crippen molar-refractivity contribution in [1.82, 2.24) is 0 Å². The molecule has 0 aliphatic carbocycles. The highest BCUT2D eigenvalue weighted by atomic mass is 79.9. The van der Waals surface area contributed by atoms with Crippen molar-refractivity contribution < 1.29 is 4.92 Å². The molecule has 2 rings (SSSR count). The fraction of sp³-hybridized carbons (Fsp3) is 0.250. The van der Waals surface area contributed by atoms with Gasteiger partial charge in [0, 0.05) is 10.5 Å². The third-order valence-corrected chi connectivity index (χ3v) is 4.02. The number of nitro benzene ring substituents is 1. The summed E-state index contributed by atoms with van der Waals surface area (Å²) in [5.41, 5.74) is 4.05. The maximum Gasteiger partial charge on any atom is 0.274 e. The molecule has 4 nitrogen and oxygen atoms in total. The highest BCUT2D eigenvalue weighted by molar-refractivity contribution is 9.10. The minimum atomic E-state index is -0.343. The SMILES string of the molecule is Cc1cc(C)c(NC(C)c2ccccc2[N+](=O)[O-])c(Br)c1. The number of hydrogen-bond acceptors (Lipinski definition) is 3. The maximum absolute atomic E-state index is 11.1. The molecule has 0 heterocycles. The van der Waals surface area contributed by atoms with Gasteiger partial charge in [-0.25, -0.2) is 0 Å². The van der Waals surface area contributed by atoms with Crippen LogP contribution in [0.2, 0.25) is 0 Å². The number of hydrogen-bond donors (Lipinski definition) is 1. The molecule has 5 heteroatoms. The van der Waals surface area contributed by atoms with E-state index in [2.05, 4.69) is 27.3 Å². The van der Waals surface area contributed by atoms with Crippen LogP contribution in [0.4, 0.5) is 11.4 Å². The van der Waals surface area contributed by atoms with Crippen molar-refractivity contribution in [2.75, 3.05) is 5.32 Å². The van der Waals surface area contributed by atoms with Gasteiger partial charge in [0.15, 0.2) is 0 Å². The minimum Gasteiger partial charge on any atom is -0.377 e. The van der Waals surface area contributed by atoms with Gasteiger partial charge < -0.3 is 5.32 Å². The van der Waals surface area contributed by atoms with Crippen LogP contribution in [0.1, 0.15) is 29.7 Å². The van der Waals surface area contributed by atoms with Crippen molar-refractivity contribution in [3.63, 3.8) is 0 Å². The van der Waals surface area contributed by atoms with E-state index in [-0.39, 0.29) is 16.7 Å². The molecule has 2 aromatic rings. The molecule has 0 spiro atoms. The standard InChI is InChI=1S/C16H17BrN2O2/c1-10-8-11(2)16(14(17)9-10)18-12(3)13-6-4-5-7-15(13)19(20)21/h4-9,12,18H,1-3H3. The number of nitrogens with zero attached hydrogens (tertiary/aromatic N) is 1. The summed E-state index contributed by atoms with van der Waals surface area (Å²) in [7, 11) is 0. The van der Waals surface area contributed by atoms with E-state index in [4.69, 9.17) is 0 Å². The van der Waals surface area contributed by atoms with Gasteiger partial charge in [-0.3, -0.25) is 10.1 Å². The van der Waals surface area contributed by atoms with Gasteiger partial charge in [0.25, 0.3) is 5.69 Å². The molecule has 0 aliphatic rings. The Morgan fingerprint density at radius 2 is 1.90 bits per heavy atom. The second-order valence-corrected chi connectivity index (χ2v) is 5.97. The van der Waals surface area contributed by atoms with E-state index in [0.717, 1.165) is 15.7 Å². The molecule has 1 unspecified atom stereocenters. The van der Waals surface area contributed by atoms with Crippen LogP contribution in [0.15, 0.2) is 40.9 Å². The van der Waals surface area contributed by atoms with Crippen LogP contribution in [0.5, 0.6) is 0 Å². The summed E-state index contributed by atoms with van der Waals surface area (Å²) < 4.78 is 0.963. The third kappa shape index (κ3) is 3.42. The number of rotatable bonds is 4. The largest absolute Gasteiger partial charge is 0.377 e. The lowest BCUT2D eigenvalue weighted by Gasteiger charge is -2.19. The average molecular weight is 349 g/mol. The first-order valence-electron chi connectivity index (χ1n) is 6.66. The first kappa shape index (κ1) is 15.5. The Balaban J connectivity index is 2.35. The lowest BCUT2D eigenvalue weighted by molar-refractivity contribution is -0.385. The highest BCUT2D eigenvalue weighted by Gasteiger charge is 2.19. The number of nitrogens with one attached hydrogen (secondary N) is 1. The molecule has 0 saturated carbocycles. The first-order chi connectivity index (χ1) is 9.90. The summed E-state index contributed by atoms with van der Waals surface area (Å²) in [5.74, 6) is 0. The first-order valence-corrected chi connectivity index (χ1v) is 7.46. The van der Waals surface area contributed by atoms with Gasteiger partial charge in [0.05, 0.1) is 22.2 Å². The topological polar surface area (TPSA) is 55.2 Å². The van der Waals surface area contributed by atoms with E-state index in [1.807, 2.05) is 32.9 Å². The van der Waals surface area contributed by atoms with Crippen molar-refractivity contribution in [2.24, 2.45) is 0 Å². The summed E-state index contributed by atoms with van der Waals surface area (Å²) in [6.45, 7) is 5.98. The van der Waals surface area contributed by atoms with Gasteiger partial charge in [0.2, 0.25) is 0 Å². The van der Waals surface area contributed by atoms with E-state index < -0.39 is 0 Å². The number of nitro groups is 1. The average Bonchev–Trinajstić information content (AvgIpc) is 2.42. The van der Waals surface area contributed by atoms with E-state index in [1.54, 1.807) is 12.1 Å². The third-order valence-electron chi connectivity index (χ3n) is 3.39. The molecule has 21 heavy (non-hydrogen) atoms. The molecule has 110 valence electrons. The van der Waals surface area contributed by atoms with E-state index >= 15 is 0 Å². The molecule has 1 atom stereocenters. The monoisotopic (exact) mass is 348 g/mol. The molecule has 0 fully saturated rings. The number of para-hydroxylation sites is 1. The zero-order valence-corrected chi connectivity index (χ0v) is 13.8. The molecule has 2 aromatic carbocycles. The lowest BCUT2D eigenvalue weighted by atomic mass is 10.0. The molecule has 1 N–H and O–H groups in total. The molecule has 0 aromatic heterocycles. The molecule has 0 saturated heterocycles. The number of benzene rings is 2. The van der Waals surface area contributed by atoms with E-state index in [1.165, 1.54) is 11.6 Å². The van der Waals surface area contributed by atoms with Crippen LogP contribution in [0.3, 0.4) is 0 Å². The van der Waals surface area contributed by atoms with Crippen molar-refractivity contribution >= 4 is 27.3 Å². The molecular formula is C16H17BrN2O2. The van der Waals surface area contributed by atoms with Gasteiger partial charge in [-0.2, -0.15) is 0 Å². The van der Waals surface area contributed by atoms with Crippen LogP contribution < -0.4 is 5.32 Å². The number of anilines is 1. The van der Waals surface area contributed by atoms with Gasteiger partial charge in [-0.1, -0.05) is 24.3 Å². The van der Waals surface area contributed by atoms with Crippen molar-refractivity contribution in [3.8, 4) is 0 Å². The predicted octanol–water partition coefficient (Wildman–Crippen LogP) is 5.15. The van der Waals surface area contributed by atoms with E-state index in [9.17, 15) is 10.1 Å². The Labute approximate surface area is 132 Å². The van der Waals surface area contributed by atoms with Gasteiger partial charge in [0.1, 0.15) is 0 Å². The fourth-order valence-electron chi connectivity index (χ4n) is 2.41. The van der Waals surface area contributed by atoms with E-state index in [0.29, 0.717) is 5.56 Å². The quantitative estimate of drug-likeness (QED) is 0.614. The summed E-state index contributed by atoms with van der Waals surface area (Å²) in [6, 6.07) is 10.8. The summed E-state index contributed by atoms with van der Waals surface area (Å²) in [5, 5.41) is 14.5. The Kier molecular flexibility index (Phi) is 4.63. The molecule has 0 radical (unpaired) electrons. The van der Waals surface area contributed by atoms with Crippen LogP contribution in [0.25, 0.3) is 0 Å². The molecule has 0 aliphatic heterocycles. The maximum atomic E-state index is 11.1. The zero-order valence-electron chi connectivity index (χ0n) is 12.2. The number of halogens is 1. The second-order valence-electron chi connectivity index (χ2n) is 5.12. The Hall–Kier alpha value is -1.88. The number of aryl methyl sites for hydroxylation is 2. The highest BCUT2D eigenvalue weighted by Crippen LogP contribution is 2.33. The molecule has 0 bridgehead atoms. The Bertz CT molecular complexity index is 663. The molecule has 0 amide bonds. The summed E-state index contributed by atoms with van der Waals surface area (Å²) >= 11 is 3.55. The van der Waals surface area contributed by atoms with Crippen LogP contribution in [-0.2, 0) is 0 Å². The Morgan fingerprint density at radius 3 is 2.52 bits per heavy atom. The van der Waals surface area contributed by atoms with Crippen molar-refractivity contribution in [3.05, 3.63) is 67.7 Å². The molecular weight excluding hydrogens is 332 g/mol.